The number of aliphatic hydroxyl groups is 1. The van der Waals surface area contributed by atoms with Gasteiger partial charge in [0.15, 0.2) is 6.23 Å². The van der Waals surface area contributed by atoms with Crippen LogP contribution in [0.3, 0.4) is 0 Å². The molecule has 0 amide bonds. The van der Waals surface area contributed by atoms with Crippen LogP contribution in [-0.2, 0) is 11.2 Å². The van der Waals surface area contributed by atoms with Crippen LogP contribution in [0.1, 0.15) is 22.9 Å². The molecule has 0 heterocycles. The summed E-state index contributed by atoms with van der Waals surface area (Å²) < 4.78 is 34.0. The minimum absolute atomic E-state index is 0.102. The summed E-state index contributed by atoms with van der Waals surface area (Å²) in [5, 5.41) is 10.8. The number of hydrogen-bond acceptors (Lipinski definition) is 4. The van der Waals surface area contributed by atoms with Crippen LogP contribution < -0.4 is 4.90 Å². The zero-order chi connectivity index (χ0) is 25.3. The quantitative estimate of drug-likeness (QED) is 0.251. The first-order valence-electron chi connectivity index (χ1n) is 10.7. The number of hydrogen-bond donors (Lipinski definition) is 1. The molecule has 0 aliphatic heterocycles. The number of aliphatic hydroxyl groups excluding tert-OH is 1. The molecule has 34 heavy (non-hydrogen) atoms. The minimum Gasteiger partial charge on any atom is -0.497 e. The Kier molecular flexibility index (Phi) is 9.83. The average Bonchev–Trinajstić information content (AvgIpc) is 2.80. The van der Waals surface area contributed by atoms with Gasteiger partial charge in [-0.3, -0.25) is 0 Å². The van der Waals surface area contributed by atoms with E-state index in [1.807, 2.05) is 37.2 Å². The first-order valence-corrected chi connectivity index (χ1v) is 10.7. The second kappa shape index (κ2) is 12.6. The molecule has 0 radical (unpaired) electrons. The lowest BCUT2D eigenvalue weighted by atomic mass is 10.1. The monoisotopic (exact) mass is 466 g/mol. The lowest BCUT2D eigenvalue weighted by Gasteiger charge is -2.27. The van der Waals surface area contributed by atoms with Gasteiger partial charge in [0.05, 0.1) is 7.11 Å². The molecule has 0 spiro atoms. The summed E-state index contributed by atoms with van der Waals surface area (Å²) in [6, 6.07) is 9.03. The third-order valence-corrected chi connectivity index (χ3v) is 5.19. The Balaban J connectivity index is 2.20. The van der Waals surface area contributed by atoms with Crippen LogP contribution in [0, 0.1) is 11.6 Å². The number of anilines is 1. The van der Waals surface area contributed by atoms with E-state index in [4.69, 9.17) is 4.74 Å². The van der Waals surface area contributed by atoms with Gasteiger partial charge in [-0.2, -0.15) is 0 Å². The van der Waals surface area contributed by atoms with Crippen molar-refractivity contribution in [3.63, 3.8) is 0 Å². The van der Waals surface area contributed by atoms with Crippen LogP contribution in [0.15, 0.2) is 91.4 Å². The molecule has 0 aliphatic rings. The van der Waals surface area contributed by atoms with Crippen LogP contribution in [0.5, 0.6) is 0 Å². The Labute approximate surface area is 201 Å². The van der Waals surface area contributed by atoms with Gasteiger partial charge in [-0.25, -0.2) is 8.78 Å². The normalized spacial score (nSPS) is 12.7. The highest BCUT2D eigenvalue weighted by Gasteiger charge is 2.19. The lowest BCUT2D eigenvalue weighted by Crippen LogP contribution is -2.25. The predicted molar refractivity (Wildman–Crippen MR) is 136 cm³/mol. The number of halogens is 2. The standard InChI is InChI=1S/C28H32F2N2O2/c1-7-9-24(31(3)4)11-8-10-21-14-15-26(27(30)18-21)28(33)32(5)25-17-22(16-23(29)19-25)13-12-20(2)34-6/h7-9,11-19,28,33H,1-2,10H2,3-6H3/b11-8-,13-12+,24-9+. The molecule has 180 valence electrons. The molecule has 2 aromatic rings. The van der Waals surface area contributed by atoms with Crippen molar-refractivity contribution < 1.29 is 18.6 Å². The molecular formula is C28H32F2N2O2. The summed E-state index contributed by atoms with van der Waals surface area (Å²) in [6.07, 6.45) is 9.95. The van der Waals surface area contributed by atoms with Gasteiger partial charge in [0.25, 0.3) is 0 Å². The number of nitrogens with zero attached hydrogens (tertiary/aromatic N) is 2. The SMILES string of the molecule is C=C/C=C(\C=C/Cc1ccc(C(O)N(C)c2cc(F)cc(/C=C/C(=C)OC)c2)c(F)c1)N(C)C. The number of allylic oxidation sites excluding steroid dienone is 5. The van der Waals surface area contributed by atoms with Gasteiger partial charge in [-0.15, -0.1) is 0 Å². The van der Waals surface area contributed by atoms with Crippen LogP contribution >= 0.6 is 0 Å². The van der Waals surface area contributed by atoms with E-state index in [0.29, 0.717) is 23.4 Å². The summed E-state index contributed by atoms with van der Waals surface area (Å²) in [7, 11) is 6.93. The molecule has 1 N–H and O–H groups in total. The molecule has 2 aromatic carbocycles. The molecular weight excluding hydrogens is 434 g/mol. The number of methoxy groups -OCH3 is 1. The molecule has 4 nitrogen and oxygen atoms in total. The number of benzene rings is 2. The Hall–Kier alpha value is -3.64. The van der Waals surface area contributed by atoms with Gasteiger partial charge < -0.3 is 19.6 Å². The largest absolute Gasteiger partial charge is 0.497 e. The fraction of sp³-hybridized carbons (Fsp3) is 0.214. The molecule has 1 atom stereocenters. The Morgan fingerprint density at radius 3 is 2.47 bits per heavy atom. The topological polar surface area (TPSA) is 35.9 Å². The van der Waals surface area contributed by atoms with Crippen molar-refractivity contribution in [1.29, 1.82) is 0 Å². The highest BCUT2D eigenvalue weighted by Crippen LogP contribution is 2.28. The molecule has 0 saturated carbocycles. The Morgan fingerprint density at radius 1 is 1.12 bits per heavy atom. The third-order valence-electron chi connectivity index (χ3n) is 5.19. The Morgan fingerprint density at radius 2 is 1.85 bits per heavy atom. The molecule has 0 aliphatic carbocycles. The smallest absolute Gasteiger partial charge is 0.155 e. The van der Waals surface area contributed by atoms with Gasteiger partial charge in [0, 0.05) is 38.1 Å². The van der Waals surface area contributed by atoms with E-state index in [1.165, 1.54) is 30.2 Å². The van der Waals surface area contributed by atoms with Crippen molar-refractivity contribution in [2.45, 2.75) is 12.6 Å². The maximum absolute atomic E-state index is 14.9. The zero-order valence-electron chi connectivity index (χ0n) is 20.1. The molecule has 0 aromatic heterocycles. The summed E-state index contributed by atoms with van der Waals surface area (Å²) in [4.78, 5) is 3.36. The molecule has 0 fully saturated rings. The number of likely N-dealkylation sites (N-methyl/N-ethyl adjacent to an activating group) is 1. The Bertz CT molecular complexity index is 1100. The minimum atomic E-state index is -1.30. The fourth-order valence-electron chi connectivity index (χ4n) is 3.20. The molecule has 6 heteroatoms. The van der Waals surface area contributed by atoms with E-state index >= 15 is 0 Å². The van der Waals surface area contributed by atoms with Gasteiger partial charge in [0.1, 0.15) is 17.4 Å². The highest BCUT2D eigenvalue weighted by atomic mass is 19.1. The fourth-order valence-corrected chi connectivity index (χ4v) is 3.20. The van der Waals surface area contributed by atoms with Crippen LogP contribution in [0.25, 0.3) is 6.08 Å². The molecule has 1 unspecified atom stereocenters. The summed E-state index contributed by atoms with van der Waals surface area (Å²) in [5.74, 6) is -0.595. The second-order valence-corrected chi connectivity index (χ2v) is 7.92. The van der Waals surface area contributed by atoms with Crippen LogP contribution in [0.4, 0.5) is 14.5 Å². The van der Waals surface area contributed by atoms with Crippen molar-refractivity contribution in [1.82, 2.24) is 4.90 Å². The summed E-state index contributed by atoms with van der Waals surface area (Å²) >= 11 is 0. The van der Waals surface area contributed by atoms with Crippen LogP contribution in [-0.4, -0.2) is 38.3 Å². The van der Waals surface area contributed by atoms with Gasteiger partial charge in [-0.1, -0.05) is 43.5 Å². The van der Waals surface area contributed by atoms with Gasteiger partial charge in [-0.05, 0) is 60.0 Å². The van der Waals surface area contributed by atoms with E-state index in [1.54, 1.807) is 43.5 Å². The van der Waals surface area contributed by atoms with Crippen LogP contribution in [0.2, 0.25) is 0 Å². The maximum Gasteiger partial charge on any atom is 0.155 e. The van der Waals surface area contributed by atoms with E-state index in [-0.39, 0.29) is 5.56 Å². The highest BCUT2D eigenvalue weighted by molar-refractivity contribution is 5.60. The molecule has 0 bridgehead atoms. The van der Waals surface area contributed by atoms with Crippen molar-refractivity contribution >= 4 is 11.8 Å². The second-order valence-electron chi connectivity index (χ2n) is 7.92. The van der Waals surface area contributed by atoms with E-state index < -0.39 is 17.9 Å². The van der Waals surface area contributed by atoms with Crippen molar-refractivity contribution in [2.24, 2.45) is 0 Å². The third kappa shape index (κ3) is 7.46. The zero-order valence-corrected chi connectivity index (χ0v) is 20.1. The lowest BCUT2D eigenvalue weighted by molar-refractivity contribution is 0.173. The predicted octanol–water partition coefficient (Wildman–Crippen LogP) is 6.00. The maximum atomic E-state index is 14.9. The number of ether oxygens (including phenoxy) is 1. The van der Waals surface area contributed by atoms with Gasteiger partial charge in [0.2, 0.25) is 0 Å². The van der Waals surface area contributed by atoms with Crippen molar-refractivity contribution in [3.8, 4) is 0 Å². The first kappa shape index (κ1) is 26.6. The van der Waals surface area contributed by atoms with Crippen molar-refractivity contribution in [3.05, 3.63) is 120 Å². The van der Waals surface area contributed by atoms with E-state index in [9.17, 15) is 13.9 Å². The van der Waals surface area contributed by atoms with Gasteiger partial charge >= 0.3 is 0 Å². The summed E-state index contributed by atoms with van der Waals surface area (Å²) in [5.41, 5.74) is 2.79. The first-order chi connectivity index (χ1) is 16.2. The van der Waals surface area contributed by atoms with E-state index in [2.05, 4.69) is 13.2 Å². The molecule has 0 saturated heterocycles. The average molecular weight is 467 g/mol. The number of rotatable bonds is 11. The summed E-state index contributed by atoms with van der Waals surface area (Å²) in [6.45, 7) is 7.39. The van der Waals surface area contributed by atoms with Crippen molar-refractivity contribution in [2.75, 3.05) is 33.2 Å². The molecule has 2 rings (SSSR count). The van der Waals surface area contributed by atoms with E-state index in [0.717, 1.165) is 11.3 Å².